The van der Waals surface area contributed by atoms with Gasteiger partial charge >= 0.3 is 6.36 Å². The highest BCUT2D eigenvalue weighted by Gasteiger charge is 2.31. The molecule has 1 heterocycles. The van der Waals surface area contributed by atoms with Crippen LogP contribution in [0, 0.1) is 0 Å². The van der Waals surface area contributed by atoms with E-state index >= 15 is 0 Å². The Bertz CT molecular complexity index is 528. The Morgan fingerprint density at radius 3 is 2.26 bits per heavy atom. The number of nitrogens with two attached hydrogens (primary N) is 1. The van der Waals surface area contributed by atoms with E-state index in [2.05, 4.69) is 14.9 Å². The van der Waals surface area contributed by atoms with Crippen LogP contribution < -0.4 is 10.5 Å². The third-order valence-corrected chi connectivity index (χ3v) is 1.98. The summed E-state index contributed by atoms with van der Waals surface area (Å²) in [6.45, 7) is 0.0995. The summed E-state index contributed by atoms with van der Waals surface area (Å²) in [6.07, 6.45) is -4.71. The van der Waals surface area contributed by atoms with Crippen molar-refractivity contribution in [1.29, 1.82) is 0 Å². The Morgan fingerprint density at radius 1 is 1.16 bits per heavy atom. The smallest absolute Gasteiger partial charge is 0.419 e. The van der Waals surface area contributed by atoms with Gasteiger partial charge in [0.05, 0.1) is 6.54 Å². The lowest BCUT2D eigenvalue weighted by molar-refractivity contribution is -0.274. The van der Waals surface area contributed by atoms with E-state index in [4.69, 9.17) is 10.2 Å². The van der Waals surface area contributed by atoms with Gasteiger partial charge < -0.3 is 14.9 Å². The maximum atomic E-state index is 11.9. The number of aromatic nitrogens is 2. The molecule has 0 fully saturated rings. The van der Waals surface area contributed by atoms with Crippen molar-refractivity contribution in [3.63, 3.8) is 0 Å². The van der Waals surface area contributed by atoms with Gasteiger partial charge in [-0.2, -0.15) is 0 Å². The Hall–Kier alpha value is -1.80. The van der Waals surface area contributed by atoms with E-state index in [9.17, 15) is 13.2 Å². The zero-order valence-electron chi connectivity index (χ0n) is 9.35. The van der Waals surface area contributed by atoms with Crippen LogP contribution in [0.3, 0.4) is 0 Å². The van der Waals surface area contributed by atoms with Gasteiger partial charge in [-0.05, 0) is 24.3 Å². The molecule has 9 heteroatoms. The van der Waals surface area contributed by atoms with Crippen LogP contribution in [0.4, 0.5) is 13.2 Å². The predicted molar refractivity (Wildman–Crippen MR) is 61.6 cm³/mol. The molecule has 1 aromatic heterocycles. The number of benzene rings is 1. The van der Waals surface area contributed by atoms with Crippen LogP contribution in [0.25, 0.3) is 11.5 Å². The second kappa shape index (κ2) is 5.89. The Morgan fingerprint density at radius 2 is 1.79 bits per heavy atom. The summed E-state index contributed by atoms with van der Waals surface area (Å²) in [5, 5.41) is 7.34. The van der Waals surface area contributed by atoms with E-state index in [-0.39, 0.29) is 36.5 Å². The second-order valence-electron chi connectivity index (χ2n) is 3.28. The molecule has 0 aliphatic heterocycles. The standard InChI is InChI=1S/C10H8F3N3O2.ClH/c11-10(12,13)18-7-3-1-6(2-4-7)9-16-15-8(5-14)17-9;/h1-4H,5,14H2;1H. The minimum Gasteiger partial charge on any atom is -0.419 e. The van der Waals surface area contributed by atoms with E-state index < -0.39 is 6.36 Å². The summed E-state index contributed by atoms with van der Waals surface area (Å²) in [6, 6.07) is 5.09. The first-order valence-electron chi connectivity index (χ1n) is 4.86. The minimum absolute atomic E-state index is 0. The van der Waals surface area contributed by atoms with Crippen molar-refractivity contribution in [1.82, 2.24) is 10.2 Å². The summed E-state index contributed by atoms with van der Waals surface area (Å²) in [5.74, 6) is 0.124. The molecule has 0 spiro atoms. The van der Waals surface area contributed by atoms with Gasteiger partial charge in [-0.3, -0.25) is 0 Å². The number of ether oxygens (including phenoxy) is 1. The second-order valence-corrected chi connectivity index (χ2v) is 3.28. The fraction of sp³-hybridized carbons (Fsp3) is 0.200. The molecule has 0 bridgehead atoms. The number of alkyl halides is 3. The average Bonchev–Trinajstić information content (AvgIpc) is 2.76. The molecule has 2 rings (SSSR count). The molecule has 104 valence electrons. The van der Waals surface area contributed by atoms with Crippen LogP contribution in [0.2, 0.25) is 0 Å². The molecule has 2 aromatic rings. The predicted octanol–water partition coefficient (Wildman–Crippen LogP) is 2.52. The lowest BCUT2D eigenvalue weighted by Crippen LogP contribution is -2.16. The van der Waals surface area contributed by atoms with Gasteiger partial charge in [-0.1, -0.05) is 0 Å². The van der Waals surface area contributed by atoms with Crippen LogP contribution >= 0.6 is 12.4 Å². The molecule has 0 saturated carbocycles. The molecule has 5 nitrogen and oxygen atoms in total. The van der Waals surface area contributed by atoms with Crippen molar-refractivity contribution in [3.05, 3.63) is 30.2 Å². The minimum atomic E-state index is -4.71. The van der Waals surface area contributed by atoms with Crippen molar-refractivity contribution in [2.45, 2.75) is 12.9 Å². The van der Waals surface area contributed by atoms with Crippen molar-refractivity contribution in [3.8, 4) is 17.2 Å². The van der Waals surface area contributed by atoms with Gasteiger partial charge in [0.1, 0.15) is 5.75 Å². The van der Waals surface area contributed by atoms with E-state index in [0.29, 0.717) is 5.56 Å². The fourth-order valence-electron chi connectivity index (χ4n) is 1.25. The number of nitrogens with zero attached hydrogens (tertiary/aromatic N) is 2. The van der Waals surface area contributed by atoms with Crippen molar-refractivity contribution in [2.24, 2.45) is 5.73 Å². The lowest BCUT2D eigenvalue weighted by Gasteiger charge is -2.08. The van der Waals surface area contributed by atoms with Crippen LogP contribution in [0.15, 0.2) is 28.7 Å². The number of hydrogen-bond donors (Lipinski definition) is 1. The highest BCUT2D eigenvalue weighted by molar-refractivity contribution is 5.85. The number of rotatable bonds is 3. The largest absolute Gasteiger partial charge is 0.573 e. The molecule has 1 aromatic carbocycles. The van der Waals surface area contributed by atoms with Crippen LogP contribution in [0.5, 0.6) is 5.75 Å². The first kappa shape index (κ1) is 15.3. The normalized spacial score (nSPS) is 10.9. The van der Waals surface area contributed by atoms with Crippen LogP contribution in [-0.2, 0) is 6.54 Å². The number of halogens is 4. The zero-order chi connectivity index (χ0) is 13.2. The Kier molecular flexibility index (Phi) is 4.73. The summed E-state index contributed by atoms with van der Waals surface area (Å²) in [4.78, 5) is 0. The molecule has 0 aliphatic carbocycles. The highest BCUT2D eigenvalue weighted by Crippen LogP contribution is 2.25. The quantitative estimate of drug-likeness (QED) is 0.942. The van der Waals surface area contributed by atoms with E-state index in [0.717, 1.165) is 12.1 Å². The molecule has 0 aliphatic rings. The molecule has 0 radical (unpaired) electrons. The van der Waals surface area contributed by atoms with E-state index in [1.807, 2.05) is 0 Å². The molecule has 0 amide bonds. The molecule has 0 saturated heterocycles. The summed E-state index contributed by atoms with van der Waals surface area (Å²) < 4.78 is 44.7. The molecule has 19 heavy (non-hydrogen) atoms. The Labute approximate surface area is 112 Å². The first-order valence-corrected chi connectivity index (χ1v) is 4.86. The Balaban J connectivity index is 0.00000180. The number of hydrogen-bond acceptors (Lipinski definition) is 5. The molecule has 0 atom stereocenters. The van der Waals surface area contributed by atoms with Gasteiger partial charge in [0, 0.05) is 5.56 Å². The zero-order valence-corrected chi connectivity index (χ0v) is 10.2. The van der Waals surface area contributed by atoms with Gasteiger partial charge in [0.25, 0.3) is 0 Å². The van der Waals surface area contributed by atoms with Crippen LogP contribution in [0.1, 0.15) is 5.89 Å². The first-order chi connectivity index (χ1) is 8.48. The van der Waals surface area contributed by atoms with Crippen LogP contribution in [-0.4, -0.2) is 16.6 Å². The maximum Gasteiger partial charge on any atom is 0.573 e. The van der Waals surface area contributed by atoms with Gasteiger partial charge in [0.15, 0.2) is 0 Å². The molecular weight excluding hydrogens is 287 g/mol. The van der Waals surface area contributed by atoms with E-state index in [1.165, 1.54) is 12.1 Å². The maximum absolute atomic E-state index is 11.9. The van der Waals surface area contributed by atoms with Gasteiger partial charge in [0.2, 0.25) is 11.8 Å². The SMILES string of the molecule is Cl.NCc1nnc(-c2ccc(OC(F)(F)F)cc2)o1. The monoisotopic (exact) mass is 295 g/mol. The van der Waals surface area contributed by atoms with Gasteiger partial charge in [-0.25, -0.2) is 0 Å². The van der Waals surface area contributed by atoms with Crippen molar-refractivity contribution in [2.75, 3.05) is 0 Å². The topological polar surface area (TPSA) is 74.2 Å². The van der Waals surface area contributed by atoms with Crippen molar-refractivity contribution >= 4 is 12.4 Å². The third kappa shape index (κ3) is 4.11. The average molecular weight is 296 g/mol. The summed E-state index contributed by atoms with van der Waals surface area (Å²) in [7, 11) is 0. The summed E-state index contributed by atoms with van der Waals surface area (Å²) >= 11 is 0. The highest BCUT2D eigenvalue weighted by atomic mass is 35.5. The molecule has 0 unspecified atom stereocenters. The van der Waals surface area contributed by atoms with Crippen molar-refractivity contribution < 1.29 is 22.3 Å². The molecular formula is C10H9ClF3N3O2. The lowest BCUT2D eigenvalue weighted by atomic mass is 10.2. The fourth-order valence-corrected chi connectivity index (χ4v) is 1.25. The van der Waals surface area contributed by atoms with E-state index in [1.54, 1.807) is 0 Å². The molecule has 2 N–H and O–H groups in total. The van der Waals surface area contributed by atoms with Gasteiger partial charge in [-0.15, -0.1) is 35.8 Å². The summed E-state index contributed by atoms with van der Waals surface area (Å²) in [5.41, 5.74) is 5.78. The third-order valence-electron chi connectivity index (χ3n) is 1.98.